The molecule has 1 heterocycles. The Morgan fingerprint density at radius 1 is 1.00 bits per heavy atom. The molecule has 0 saturated carbocycles. The van der Waals surface area contributed by atoms with E-state index in [0.717, 1.165) is 0 Å². The summed E-state index contributed by atoms with van der Waals surface area (Å²) in [6.45, 7) is 0.183. The van der Waals surface area contributed by atoms with Gasteiger partial charge in [-0.2, -0.15) is 0 Å². The number of ether oxygens (including phenoxy) is 5. The second-order valence-electron chi connectivity index (χ2n) is 2.88. The fourth-order valence-electron chi connectivity index (χ4n) is 1.50. The van der Waals surface area contributed by atoms with Crippen molar-refractivity contribution in [1.29, 1.82) is 0 Å². The molecule has 0 fully saturated rings. The smallest absolute Gasteiger partial charge is 0.231 e. The van der Waals surface area contributed by atoms with Crippen molar-refractivity contribution in [3.05, 3.63) is 6.07 Å². The zero-order valence-corrected chi connectivity index (χ0v) is 8.83. The zero-order valence-electron chi connectivity index (χ0n) is 8.83. The van der Waals surface area contributed by atoms with Crippen molar-refractivity contribution >= 4 is 0 Å². The van der Waals surface area contributed by atoms with E-state index in [2.05, 4.69) is 0 Å². The number of methoxy groups -OCH3 is 3. The highest BCUT2D eigenvalue weighted by molar-refractivity contribution is 5.66. The summed E-state index contributed by atoms with van der Waals surface area (Å²) in [5.41, 5.74) is 0. The van der Waals surface area contributed by atoms with Crippen LogP contribution in [0.4, 0.5) is 0 Å². The minimum Gasteiger partial charge on any atom is -0.493 e. The van der Waals surface area contributed by atoms with Gasteiger partial charge >= 0.3 is 0 Å². The summed E-state index contributed by atoms with van der Waals surface area (Å²) in [5.74, 6) is 2.70. The van der Waals surface area contributed by atoms with Gasteiger partial charge in [0.15, 0.2) is 11.5 Å². The molecule has 0 radical (unpaired) electrons. The van der Waals surface area contributed by atoms with Gasteiger partial charge in [-0.05, 0) is 0 Å². The van der Waals surface area contributed by atoms with Gasteiger partial charge in [-0.1, -0.05) is 0 Å². The van der Waals surface area contributed by atoms with E-state index in [0.29, 0.717) is 28.7 Å². The van der Waals surface area contributed by atoms with Crippen LogP contribution in [0.3, 0.4) is 0 Å². The molecule has 1 aliphatic rings. The predicted molar refractivity (Wildman–Crippen MR) is 52.2 cm³/mol. The molecular formula is C10H12O5. The first-order valence-electron chi connectivity index (χ1n) is 4.40. The highest BCUT2D eigenvalue weighted by Crippen LogP contribution is 2.51. The molecule has 1 aromatic carbocycles. The van der Waals surface area contributed by atoms with Gasteiger partial charge < -0.3 is 23.7 Å². The Balaban J connectivity index is 2.61. The number of hydrogen-bond donors (Lipinski definition) is 0. The Bertz CT molecular complexity index is 375. The van der Waals surface area contributed by atoms with Crippen LogP contribution in [0, 0.1) is 0 Å². The molecule has 0 aromatic heterocycles. The van der Waals surface area contributed by atoms with Crippen molar-refractivity contribution in [2.45, 2.75) is 0 Å². The molecule has 0 N–H and O–H groups in total. The second kappa shape index (κ2) is 3.76. The molecule has 0 amide bonds. The zero-order chi connectivity index (χ0) is 10.8. The van der Waals surface area contributed by atoms with E-state index >= 15 is 0 Å². The lowest BCUT2D eigenvalue weighted by Gasteiger charge is -2.13. The summed E-state index contributed by atoms with van der Waals surface area (Å²) in [4.78, 5) is 0. The van der Waals surface area contributed by atoms with Crippen LogP contribution in [-0.2, 0) is 0 Å². The molecule has 0 aliphatic carbocycles. The second-order valence-corrected chi connectivity index (χ2v) is 2.88. The summed E-state index contributed by atoms with van der Waals surface area (Å²) >= 11 is 0. The summed E-state index contributed by atoms with van der Waals surface area (Å²) in [6.07, 6.45) is 0. The third-order valence-electron chi connectivity index (χ3n) is 2.17. The summed E-state index contributed by atoms with van der Waals surface area (Å²) in [6, 6.07) is 1.71. The molecule has 2 rings (SSSR count). The highest BCUT2D eigenvalue weighted by atomic mass is 16.7. The first kappa shape index (κ1) is 9.76. The van der Waals surface area contributed by atoms with E-state index in [4.69, 9.17) is 23.7 Å². The van der Waals surface area contributed by atoms with E-state index in [1.165, 1.54) is 0 Å². The minimum atomic E-state index is 0.183. The van der Waals surface area contributed by atoms with Crippen LogP contribution >= 0.6 is 0 Å². The molecule has 5 heteroatoms. The van der Waals surface area contributed by atoms with Gasteiger partial charge in [0.25, 0.3) is 0 Å². The number of benzene rings is 1. The Morgan fingerprint density at radius 2 is 1.73 bits per heavy atom. The standard InChI is InChI=1S/C10H12O5/c1-11-6-4-7-9(15-5-14-7)10(13-3)8(6)12-2/h4H,5H2,1-3H3. The molecule has 0 saturated heterocycles. The maximum Gasteiger partial charge on any atom is 0.231 e. The quantitative estimate of drug-likeness (QED) is 0.758. The average Bonchev–Trinajstić information content (AvgIpc) is 2.73. The van der Waals surface area contributed by atoms with Crippen LogP contribution in [0.2, 0.25) is 0 Å². The van der Waals surface area contributed by atoms with E-state index in [1.807, 2.05) is 0 Å². The topological polar surface area (TPSA) is 46.2 Å². The first-order chi connectivity index (χ1) is 7.31. The van der Waals surface area contributed by atoms with Crippen molar-refractivity contribution in [2.24, 2.45) is 0 Å². The molecule has 1 aliphatic heterocycles. The molecule has 82 valence electrons. The van der Waals surface area contributed by atoms with Gasteiger partial charge in [0.2, 0.25) is 24.0 Å². The molecule has 0 bridgehead atoms. The van der Waals surface area contributed by atoms with Crippen LogP contribution < -0.4 is 23.7 Å². The van der Waals surface area contributed by atoms with E-state index in [-0.39, 0.29) is 6.79 Å². The molecule has 5 nitrogen and oxygen atoms in total. The van der Waals surface area contributed by atoms with Crippen LogP contribution in [-0.4, -0.2) is 28.1 Å². The first-order valence-corrected chi connectivity index (χ1v) is 4.40. The Labute approximate surface area is 87.5 Å². The predicted octanol–water partition coefficient (Wildman–Crippen LogP) is 1.44. The highest BCUT2D eigenvalue weighted by Gasteiger charge is 2.26. The lowest BCUT2D eigenvalue weighted by atomic mass is 10.2. The summed E-state index contributed by atoms with van der Waals surface area (Å²) in [7, 11) is 4.64. The lowest BCUT2D eigenvalue weighted by Crippen LogP contribution is -1.96. The monoisotopic (exact) mass is 212 g/mol. The molecule has 1 aromatic rings. The van der Waals surface area contributed by atoms with E-state index in [1.54, 1.807) is 27.4 Å². The van der Waals surface area contributed by atoms with Crippen molar-refractivity contribution in [3.63, 3.8) is 0 Å². The van der Waals surface area contributed by atoms with Crippen molar-refractivity contribution in [1.82, 2.24) is 0 Å². The fourth-order valence-corrected chi connectivity index (χ4v) is 1.50. The van der Waals surface area contributed by atoms with Crippen molar-refractivity contribution in [2.75, 3.05) is 28.1 Å². The Kier molecular flexibility index (Phi) is 2.45. The lowest BCUT2D eigenvalue weighted by molar-refractivity contribution is 0.170. The van der Waals surface area contributed by atoms with Gasteiger partial charge in [0.05, 0.1) is 21.3 Å². The van der Waals surface area contributed by atoms with Gasteiger partial charge in [-0.3, -0.25) is 0 Å². The molecular weight excluding hydrogens is 200 g/mol. The Hall–Kier alpha value is -1.78. The third-order valence-corrected chi connectivity index (χ3v) is 2.17. The van der Waals surface area contributed by atoms with E-state index < -0.39 is 0 Å². The van der Waals surface area contributed by atoms with Gasteiger partial charge in [0, 0.05) is 6.07 Å². The summed E-state index contributed by atoms with van der Waals surface area (Å²) in [5, 5.41) is 0. The summed E-state index contributed by atoms with van der Waals surface area (Å²) < 4.78 is 26.1. The maximum absolute atomic E-state index is 5.28. The number of hydrogen-bond acceptors (Lipinski definition) is 5. The number of rotatable bonds is 3. The number of fused-ring (bicyclic) bond motifs is 1. The normalized spacial score (nSPS) is 12.5. The molecule has 15 heavy (non-hydrogen) atoms. The largest absolute Gasteiger partial charge is 0.493 e. The van der Waals surface area contributed by atoms with Crippen molar-refractivity contribution in [3.8, 4) is 28.7 Å². The third kappa shape index (κ3) is 1.40. The van der Waals surface area contributed by atoms with Crippen LogP contribution in [0.5, 0.6) is 28.7 Å². The van der Waals surface area contributed by atoms with Gasteiger partial charge in [-0.15, -0.1) is 0 Å². The molecule has 0 spiro atoms. The molecule has 0 atom stereocenters. The van der Waals surface area contributed by atoms with Crippen molar-refractivity contribution < 1.29 is 23.7 Å². The van der Waals surface area contributed by atoms with Crippen LogP contribution in [0.15, 0.2) is 6.07 Å². The van der Waals surface area contributed by atoms with Gasteiger partial charge in [-0.25, -0.2) is 0 Å². The van der Waals surface area contributed by atoms with Crippen LogP contribution in [0.25, 0.3) is 0 Å². The average molecular weight is 212 g/mol. The molecule has 0 unspecified atom stereocenters. The maximum atomic E-state index is 5.28. The van der Waals surface area contributed by atoms with Gasteiger partial charge in [0.1, 0.15) is 0 Å². The van der Waals surface area contributed by atoms with Crippen LogP contribution in [0.1, 0.15) is 0 Å². The Morgan fingerprint density at radius 3 is 2.33 bits per heavy atom. The SMILES string of the molecule is COc1cc2c(c(OC)c1OC)OCO2. The fraction of sp³-hybridized carbons (Fsp3) is 0.400. The van der Waals surface area contributed by atoms with E-state index in [9.17, 15) is 0 Å². The minimum absolute atomic E-state index is 0.183.